The predicted octanol–water partition coefficient (Wildman–Crippen LogP) is 7.00. The quantitative estimate of drug-likeness (QED) is 0.343. The molecule has 34 heavy (non-hydrogen) atoms. The van der Waals surface area contributed by atoms with Crippen molar-refractivity contribution in [2.24, 2.45) is 4.99 Å². The minimum Gasteiger partial charge on any atom is -0.494 e. The van der Waals surface area contributed by atoms with Gasteiger partial charge in [0.1, 0.15) is 18.2 Å². The number of thioether (sulfide) groups is 1. The predicted molar refractivity (Wildman–Crippen MR) is 136 cm³/mol. The Hall–Kier alpha value is -3.00. The van der Waals surface area contributed by atoms with Crippen molar-refractivity contribution < 1.29 is 18.7 Å². The zero-order valence-electron chi connectivity index (χ0n) is 18.0. The van der Waals surface area contributed by atoms with Gasteiger partial charge in [0.05, 0.1) is 27.2 Å². The fraction of sp³-hybridized carbons (Fsp3) is 0.120. The molecule has 1 saturated heterocycles. The third-order valence-corrected chi connectivity index (χ3v) is 6.09. The van der Waals surface area contributed by atoms with Crippen molar-refractivity contribution in [3.8, 4) is 11.5 Å². The van der Waals surface area contributed by atoms with E-state index in [1.54, 1.807) is 30.3 Å². The van der Waals surface area contributed by atoms with Crippen LogP contribution in [0.3, 0.4) is 0 Å². The van der Waals surface area contributed by atoms with Gasteiger partial charge in [-0.25, -0.2) is 9.38 Å². The highest BCUT2D eigenvalue weighted by Crippen LogP contribution is 2.37. The van der Waals surface area contributed by atoms with Crippen LogP contribution < -0.4 is 14.8 Å². The van der Waals surface area contributed by atoms with E-state index in [4.69, 9.17) is 32.7 Å². The lowest BCUT2D eigenvalue weighted by Gasteiger charge is -2.11. The highest BCUT2D eigenvalue weighted by Gasteiger charge is 2.24. The molecular weight excluding hydrogens is 498 g/mol. The summed E-state index contributed by atoms with van der Waals surface area (Å²) >= 11 is 14.0. The van der Waals surface area contributed by atoms with Crippen LogP contribution in [0.15, 0.2) is 70.6 Å². The molecule has 0 aliphatic carbocycles. The Balaban J connectivity index is 1.47. The zero-order valence-corrected chi connectivity index (χ0v) is 20.3. The molecule has 1 aliphatic rings. The first kappa shape index (κ1) is 24.1. The van der Waals surface area contributed by atoms with Gasteiger partial charge < -0.3 is 14.8 Å². The van der Waals surface area contributed by atoms with Crippen LogP contribution in [-0.2, 0) is 11.4 Å². The van der Waals surface area contributed by atoms with E-state index in [0.29, 0.717) is 33.5 Å². The summed E-state index contributed by atoms with van der Waals surface area (Å²) < 4.78 is 24.5. The molecule has 0 atom stereocenters. The number of amides is 1. The molecule has 0 unspecified atom stereocenters. The molecule has 0 spiro atoms. The van der Waals surface area contributed by atoms with E-state index >= 15 is 0 Å². The van der Waals surface area contributed by atoms with Gasteiger partial charge in [-0.2, -0.15) is 0 Å². The van der Waals surface area contributed by atoms with E-state index in [0.717, 1.165) is 5.75 Å². The van der Waals surface area contributed by atoms with E-state index in [2.05, 4.69) is 10.3 Å². The SMILES string of the molecule is CCOc1ccc(N=C2NC(=O)/C(=C\c3cc(Cl)c(OCc4cccc(F)c4)c(Cl)c3)S2)cc1. The van der Waals surface area contributed by atoms with Crippen molar-refractivity contribution >= 4 is 57.8 Å². The fourth-order valence-corrected chi connectivity index (χ4v) is 4.57. The summed E-state index contributed by atoms with van der Waals surface area (Å²) in [6.07, 6.45) is 1.68. The molecular formula is C25H19Cl2FN2O3S. The van der Waals surface area contributed by atoms with Crippen LogP contribution in [0.4, 0.5) is 10.1 Å². The van der Waals surface area contributed by atoms with Crippen LogP contribution in [0.25, 0.3) is 6.08 Å². The molecule has 0 bridgehead atoms. The molecule has 1 N–H and O–H groups in total. The molecule has 0 aromatic heterocycles. The molecule has 3 aromatic rings. The largest absolute Gasteiger partial charge is 0.494 e. The standard InChI is InChI=1S/C25H19Cl2FN2O3S/c1-2-32-19-8-6-18(7-9-19)29-25-30-24(31)22(34-25)13-16-11-20(26)23(21(27)12-16)33-14-15-4-3-5-17(28)10-15/h3-13H,2,14H2,1H3,(H,29,30,31)/b22-13+. The highest BCUT2D eigenvalue weighted by atomic mass is 35.5. The number of carbonyl (C=O) groups is 1. The average molecular weight is 517 g/mol. The lowest BCUT2D eigenvalue weighted by atomic mass is 10.2. The molecule has 0 saturated carbocycles. The number of benzene rings is 3. The van der Waals surface area contributed by atoms with Crippen LogP contribution in [-0.4, -0.2) is 17.7 Å². The number of halogens is 3. The Labute approximate surface area is 210 Å². The first-order valence-corrected chi connectivity index (χ1v) is 11.9. The highest BCUT2D eigenvalue weighted by molar-refractivity contribution is 8.18. The van der Waals surface area contributed by atoms with E-state index in [1.165, 1.54) is 23.9 Å². The smallest absolute Gasteiger partial charge is 0.264 e. The van der Waals surface area contributed by atoms with E-state index < -0.39 is 0 Å². The Morgan fingerprint density at radius 1 is 1.06 bits per heavy atom. The first-order valence-electron chi connectivity index (χ1n) is 10.3. The summed E-state index contributed by atoms with van der Waals surface area (Å²) in [4.78, 5) is 17.3. The van der Waals surface area contributed by atoms with Crippen LogP contribution in [0.5, 0.6) is 11.5 Å². The molecule has 174 valence electrons. The molecule has 9 heteroatoms. The molecule has 3 aromatic carbocycles. The number of ether oxygens (including phenoxy) is 2. The van der Waals surface area contributed by atoms with Gasteiger partial charge in [-0.3, -0.25) is 4.79 Å². The Kier molecular flexibility index (Phi) is 7.77. The summed E-state index contributed by atoms with van der Waals surface area (Å²) in [5.74, 6) is 0.426. The van der Waals surface area contributed by atoms with Gasteiger partial charge in [0, 0.05) is 0 Å². The summed E-state index contributed by atoms with van der Waals surface area (Å²) in [7, 11) is 0. The maximum atomic E-state index is 13.4. The summed E-state index contributed by atoms with van der Waals surface area (Å²) in [6, 6.07) is 16.7. The van der Waals surface area contributed by atoms with Gasteiger partial charge in [-0.15, -0.1) is 0 Å². The van der Waals surface area contributed by atoms with E-state index in [1.807, 2.05) is 31.2 Å². The molecule has 1 amide bonds. The molecule has 5 nitrogen and oxygen atoms in total. The van der Waals surface area contributed by atoms with Crippen LogP contribution in [0, 0.1) is 5.82 Å². The third-order valence-electron chi connectivity index (χ3n) is 4.62. The fourth-order valence-electron chi connectivity index (χ4n) is 3.12. The third kappa shape index (κ3) is 6.11. The maximum absolute atomic E-state index is 13.4. The maximum Gasteiger partial charge on any atom is 0.264 e. The van der Waals surface area contributed by atoms with Gasteiger partial charge >= 0.3 is 0 Å². The number of hydrogen-bond donors (Lipinski definition) is 1. The Morgan fingerprint density at radius 3 is 2.47 bits per heavy atom. The van der Waals surface area contributed by atoms with Gasteiger partial charge in [-0.1, -0.05) is 35.3 Å². The van der Waals surface area contributed by atoms with Crippen molar-refractivity contribution in [3.63, 3.8) is 0 Å². The normalized spacial score (nSPS) is 15.6. The second kappa shape index (κ2) is 11.0. The van der Waals surface area contributed by atoms with Crippen molar-refractivity contribution in [1.82, 2.24) is 5.32 Å². The number of carbonyl (C=O) groups excluding carboxylic acids is 1. The molecule has 1 fully saturated rings. The summed E-state index contributed by atoms with van der Waals surface area (Å²) in [5, 5.41) is 3.77. The number of aliphatic imine (C=N–C) groups is 1. The Bertz CT molecular complexity index is 1260. The zero-order chi connectivity index (χ0) is 24.1. The second-order valence-corrected chi connectivity index (χ2v) is 8.99. The van der Waals surface area contributed by atoms with E-state index in [9.17, 15) is 9.18 Å². The number of nitrogens with one attached hydrogen (secondary N) is 1. The average Bonchev–Trinajstić information content (AvgIpc) is 3.13. The van der Waals surface area contributed by atoms with Crippen molar-refractivity contribution in [1.29, 1.82) is 0 Å². The number of rotatable bonds is 7. The molecule has 1 heterocycles. The minimum absolute atomic E-state index is 0.112. The van der Waals surface area contributed by atoms with Crippen LogP contribution in [0.1, 0.15) is 18.1 Å². The molecule has 0 radical (unpaired) electrons. The topological polar surface area (TPSA) is 59.9 Å². The lowest BCUT2D eigenvalue weighted by molar-refractivity contribution is -0.115. The van der Waals surface area contributed by atoms with Gasteiger partial charge in [-0.05, 0) is 84.4 Å². The van der Waals surface area contributed by atoms with Gasteiger partial charge in [0.2, 0.25) is 0 Å². The lowest BCUT2D eigenvalue weighted by Crippen LogP contribution is -2.19. The second-order valence-electron chi connectivity index (χ2n) is 7.14. The van der Waals surface area contributed by atoms with E-state index in [-0.39, 0.29) is 34.1 Å². The number of hydrogen-bond acceptors (Lipinski definition) is 5. The van der Waals surface area contributed by atoms with Crippen LogP contribution in [0.2, 0.25) is 10.0 Å². The monoisotopic (exact) mass is 516 g/mol. The van der Waals surface area contributed by atoms with Gasteiger partial charge in [0.25, 0.3) is 5.91 Å². The van der Waals surface area contributed by atoms with Gasteiger partial charge in [0.15, 0.2) is 10.9 Å². The summed E-state index contributed by atoms with van der Waals surface area (Å²) in [6.45, 7) is 2.62. The molecule has 4 rings (SSSR count). The molecule has 1 aliphatic heterocycles. The number of nitrogens with zero attached hydrogens (tertiary/aromatic N) is 1. The van der Waals surface area contributed by atoms with Crippen molar-refractivity contribution in [2.45, 2.75) is 13.5 Å². The van der Waals surface area contributed by atoms with Crippen molar-refractivity contribution in [2.75, 3.05) is 6.61 Å². The van der Waals surface area contributed by atoms with Crippen LogP contribution >= 0.6 is 35.0 Å². The summed E-state index contributed by atoms with van der Waals surface area (Å²) in [5.41, 5.74) is 1.98. The Morgan fingerprint density at radius 2 is 1.79 bits per heavy atom. The van der Waals surface area contributed by atoms with Crippen molar-refractivity contribution in [3.05, 3.63) is 92.6 Å². The number of amidine groups is 1. The minimum atomic E-state index is -0.349. The first-order chi connectivity index (χ1) is 16.4.